The van der Waals surface area contributed by atoms with Gasteiger partial charge >= 0.3 is 0 Å². The number of amides is 2. The molecule has 1 N–H and O–H groups in total. The number of nitrogens with one attached hydrogen (secondary N) is 1. The summed E-state index contributed by atoms with van der Waals surface area (Å²) >= 11 is 1.26. The number of hydrogen-bond donors (Lipinski definition) is 1. The van der Waals surface area contributed by atoms with Crippen LogP contribution in [0.25, 0.3) is 5.69 Å². The number of tetrazole rings is 1. The van der Waals surface area contributed by atoms with E-state index in [2.05, 4.69) is 20.8 Å². The first-order chi connectivity index (χ1) is 13.8. The van der Waals surface area contributed by atoms with E-state index in [0.717, 1.165) is 16.8 Å². The van der Waals surface area contributed by atoms with Gasteiger partial charge in [0.2, 0.25) is 11.1 Å². The van der Waals surface area contributed by atoms with Crippen LogP contribution in [0.3, 0.4) is 0 Å². The molecule has 150 valence electrons. The lowest BCUT2D eigenvalue weighted by Crippen LogP contribution is -2.21. The van der Waals surface area contributed by atoms with Crippen LogP contribution in [0.15, 0.2) is 47.6 Å². The maximum Gasteiger partial charge on any atom is 0.253 e. The van der Waals surface area contributed by atoms with Crippen molar-refractivity contribution in [1.82, 2.24) is 25.1 Å². The highest BCUT2D eigenvalue weighted by atomic mass is 32.2. The summed E-state index contributed by atoms with van der Waals surface area (Å²) in [4.78, 5) is 25.7. The van der Waals surface area contributed by atoms with Crippen LogP contribution in [-0.2, 0) is 4.79 Å². The molecule has 1 aromatic heterocycles. The molecule has 0 unspecified atom stereocenters. The van der Waals surface area contributed by atoms with Crippen molar-refractivity contribution in [2.45, 2.75) is 19.0 Å². The van der Waals surface area contributed by atoms with Crippen molar-refractivity contribution in [3.8, 4) is 5.69 Å². The molecule has 0 aliphatic rings. The van der Waals surface area contributed by atoms with Crippen LogP contribution in [0.2, 0.25) is 0 Å². The van der Waals surface area contributed by atoms with Crippen LogP contribution in [0, 0.1) is 13.8 Å². The smallest absolute Gasteiger partial charge is 0.253 e. The van der Waals surface area contributed by atoms with E-state index in [9.17, 15) is 9.59 Å². The first kappa shape index (κ1) is 20.5. The monoisotopic (exact) mass is 410 g/mol. The minimum absolute atomic E-state index is 0.0864. The van der Waals surface area contributed by atoms with Crippen molar-refractivity contribution in [3.05, 3.63) is 59.2 Å². The lowest BCUT2D eigenvalue weighted by Gasteiger charge is -2.11. The Bertz CT molecular complexity index is 1030. The second-order valence-electron chi connectivity index (χ2n) is 6.78. The fourth-order valence-corrected chi connectivity index (χ4v) is 3.33. The number of carbonyl (C=O) groups excluding carboxylic acids is 2. The van der Waals surface area contributed by atoms with Crippen molar-refractivity contribution < 1.29 is 9.59 Å². The van der Waals surface area contributed by atoms with E-state index in [1.807, 2.05) is 32.0 Å². The highest BCUT2D eigenvalue weighted by Gasteiger charge is 2.14. The third-order valence-corrected chi connectivity index (χ3v) is 5.11. The Balaban J connectivity index is 1.63. The normalized spacial score (nSPS) is 10.6. The molecule has 8 nitrogen and oxygen atoms in total. The standard InChI is InChI=1S/C20H22N6O2S/c1-13-5-6-14(2)17(11-13)26-20(22-23-24-26)29-12-18(27)21-16-9-7-15(8-10-16)19(28)25(3)4/h5-11H,12H2,1-4H3,(H,21,27). The Hall–Kier alpha value is -3.20. The summed E-state index contributed by atoms with van der Waals surface area (Å²) in [7, 11) is 3.39. The van der Waals surface area contributed by atoms with Crippen molar-refractivity contribution in [2.75, 3.05) is 25.2 Å². The second kappa shape index (κ2) is 8.87. The summed E-state index contributed by atoms with van der Waals surface area (Å²) in [5.41, 5.74) is 4.22. The second-order valence-corrected chi connectivity index (χ2v) is 7.72. The zero-order valence-corrected chi connectivity index (χ0v) is 17.5. The molecule has 0 aliphatic carbocycles. The first-order valence-corrected chi connectivity index (χ1v) is 9.94. The van der Waals surface area contributed by atoms with Crippen LogP contribution in [-0.4, -0.2) is 56.8 Å². The fourth-order valence-electron chi connectivity index (χ4n) is 2.65. The third kappa shape index (κ3) is 5.00. The Labute approximate surface area is 173 Å². The largest absolute Gasteiger partial charge is 0.345 e. The summed E-state index contributed by atoms with van der Waals surface area (Å²) in [5.74, 6) is -0.113. The first-order valence-electron chi connectivity index (χ1n) is 8.95. The molecule has 2 aromatic carbocycles. The number of aromatic nitrogens is 4. The molecule has 1 heterocycles. The number of rotatable bonds is 6. The van der Waals surface area contributed by atoms with Gasteiger partial charge in [0.1, 0.15) is 0 Å². The number of carbonyl (C=O) groups is 2. The zero-order chi connectivity index (χ0) is 21.0. The van der Waals surface area contributed by atoms with E-state index >= 15 is 0 Å². The van der Waals surface area contributed by atoms with Crippen LogP contribution in [0.5, 0.6) is 0 Å². The summed E-state index contributed by atoms with van der Waals surface area (Å²) in [6.07, 6.45) is 0. The van der Waals surface area contributed by atoms with Crippen molar-refractivity contribution in [1.29, 1.82) is 0 Å². The maximum absolute atomic E-state index is 12.3. The van der Waals surface area contributed by atoms with Gasteiger partial charge in [-0.25, -0.2) is 0 Å². The van der Waals surface area contributed by atoms with E-state index in [4.69, 9.17) is 0 Å². The molecule has 29 heavy (non-hydrogen) atoms. The molecule has 0 saturated heterocycles. The molecule has 0 saturated carbocycles. The van der Waals surface area contributed by atoms with E-state index in [0.29, 0.717) is 16.4 Å². The van der Waals surface area contributed by atoms with Gasteiger partial charge in [0.25, 0.3) is 5.91 Å². The third-order valence-electron chi connectivity index (χ3n) is 4.19. The van der Waals surface area contributed by atoms with E-state index < -0.39 is 0 Å². The summed E-state index contributed by atoms with van der Waals surface area (Å²) in [5, 5.41) is 15.2. The average molecular weight is 411 g/mol. The van der Waals surface area contributed by atoms with Crippen molar-refractivity contribution >= 4 is 29.3 Å². The van der Waals surface area contributed by atoms with Gasteiger partial charge < -0.3 is 10.2 Å². The Morgan fingerprint density at radius 3 is 2.52 bits per heavy atom. The molecule has 3 aromatic rings. The van der Waals surface area contributed by atoms with E-state index in [1.54, 1.807) is 43.0 Å². The fraction of sp³-hybridized carbons (Fsp3) is 0.250. The highest BCUT2D eigenvalue weighted by molar-refractivity contribution is 7.99. The number of nitrogens with zero attached hydrogens (tertiary/aromatic N) is 5. The number of aryl methyl sites for hydroxylation is 2. The quantitative estimate of drug-likeness (QED) is 0.628. The molecule has 0 radical (unpaired) electrons. The molecule has 2 amide bonds. The molecule has 0 spiro atoms. The van der Waals surface area contributed by atoms with Gasteiger partial charge in [0.15, 0.2) is 0 Å². The van der Waals surface area contributed by atoms with Crippen LogP contribution >= 0.6 is 11.8 Å². The summed E-state index contributed by atoms with van der Waals surface area (Å²) < 4.78 is 1.64. The Morgan fingerprint density at radius 1 is 1.10 bits per heavy atom. The number of hydrogen-bond acceptors (Lipinski definition) is 6. The lowest BCUT2D eigenvalue weighted by molar-refractivity contribution is -0.113. The van der Waals surface area contributed by atoms with Gasteiger partial charge in [-0.1, -0.05) is 23.9 Å². The minimum atomic E-state index is -0.183. The molecule has 0 atom stereocenters. The number of thioether (sulfide) groups is 1. The van der Waals surface area contributed by atoms with Crippen LogP contribution in [0.1, 0.15) is 21.5 Å². The lowest BCUT2D eigenvalue weighted by atomic mass is 10.1. The van der Waals surface area contributed by atoms with Gasteiger partial charge in [0, 0.05) is 25.3 Å². The van der Waals surface area contributed by atoms with Gasteiger partial charge in [-0.15, -0.1) is 5.10 Å². The van der Waals surface area contributed by atoms with Crippen LogP contribution in [0.4, 0.5) is 5.69 Å². The minimum Gasteiger partial charge on any atom is -0.345 e. The van der Waals surface area contributed by atoms with Gasteiger partial charge in [-0.3, -0.25) is 9.59 Å². The number of benzene rings is 2. The van der Waals surface area contributed by atoms with Crippen molar-refractivity contribution in [3.63, 3.8) is 0 Å². The predicted octanol–water partition coefficient (Wildman–Crippen LogP) is 2.71. The van der Waals surface area contributed by atoms with Gasteiger partial charge in [-0.05, 0) is 65.7 Å². The topological polar surface area (TPSA) is 93.0 Å². The van der Waals surface area contributed by atoms with Crippen LogP contribution < -0.4 is 5.32 Å². The summed E-state index contributed by atoms with van der Waals surface area (Å²) in [6, 6.07) is 12.8. The van der Waals surface area contributed by atoms with Gasteiger partial charge in [-0.2, -0.15) is 4.68 Å². The Morgan fingerprint density at radius 2 is 1.83 bits per heavy atom. The molecular formula is C20H22N6O2S. The molecule has 0 bridgehead atoms. The molecule has 3 rings (SSSR count). The predicted molar refractivity (Wildman–Crippen MR) is 112 cm³/mol. The zero-order valence-electron chi connectivity index (χ0n) is 16.7. The maximum atomic E-state index is 12.3. The van der Waals surface area contributed by atoms with Crippen molar-refractivity contribution in [2.24, 2.45) is 0 Å². The highest BCUT2D eigenvalue weighted by Crippen LogP contribution is 2.22. The molecular weight excluding hydrogens is 388 g/mol. The molecule has 9 heteroatoms. The molecule has 0 fully saturated rings. The van der Waals surface area contributed by atoms with E-state index in [-0.39, 0.29) is 17.6 Å². The van der Waals surface area contributed by atoms with E-state index in [1.165, 1.54) is 16.7 Å². The Kier molecular flexibility index (Phi) is 6.28. The van der Waals surface area contributed by atoms with Gasteiger partial charge in [0.05, 0.1) is 11.4 Å². The summed E-state index contributed by atoms with van der Waals surface area (Å²) in [6.45, 7) is 3.99. The SMILES string of the molecule is Cc1ccc(C)c(-n2nnnc2SCC(=O)Nc2ccc(C(=O)N(C)C)cc2)c1. The number of anilines is 1. The average Bonchev–Trinajstić information content (AvgIpc) is 3.16. The molecule has 0 aliphatic heterocycles.